The Morgan fingerprint density at radius 1 is 0.395 bits per heavy atom. The number of carbonyl (C=O) groups is 9. The Morgan fingerprint density at radius 3 is 0.965 bits per heavy atom. The molecule has 4 heterocycles. The summed E-state index contributed by atoms with van der Waals surface area (Å²) in [6.45, 7) is 35.7. The van der Waals surface area contributed by atoms with Crippen molar-refractivity contribution in [3.63, 3.8) is 0 Å². The van der Waals surface area contributed by atoms with E-state index in [9.17, 15) is 74.6 Å². The van der Waals surface area contributed by atoms with Gasteiger partial charge in [0, 0.05) is 12.1 Å². The molecule has 0 bridgehead atoms. The molecule has 4 aliphatic heterocycles. The Bertz CT molecular complexity index is 4110. The number of aromatic carboxylic acids is 2. The fraction of sp³-hybridized carbons (Fsp3) is 0.560. The molecule has 0 spiro atoms. The number of halogens is 10. The van der Waals surface area contributed by atoms with Gasteiger partial charge in [-0.05, 0) is 175 Å². The van der Waals surface area contributed by atoms with Crippen molar-refractivity contribution < 1.29 is 146 Å². The smallest absolute Gasteiger partial charge is 0.413 e. The lowest BCUT2D eigenvalue weighted by molar-refractivity contribution is -0.146. The van der Waals surface area contributed by atoms with Crippen molar-refractivity contribution >= 4 is 101 Å². The Hall–Kier alpha value is -8.55. The van der Waals surface area contributed by atoms with E-state index in [4.69, 9.17) is 104 Å². The molecule has 638 valence electrons. The summed E-state index contributed by atoms with van der Waals surface area (Å²) < 4.78 is 146. The van der Waals surface area contributed by atoms with Crippen LogP contribution in [0, 0.1) is 34.9 Å². The molecule has 4 atom stereocenters. The standard InChI is InChI=1S/C19H25ClFNO6.C18H23ClFNO6.C12H21NO5.C11H21NO4.C8H5ClF2O2.C7H3ClF2O2/c1-18(2,3)28-17(24)22-11(10-27-19(22,4)5)9-26-15-8-13(20)12(7-14(15)21)16(23)25-6;1-17(2,3)27-16(24)21-10(9-26-18(21,4)5)8-25-14-7-12(19)11(15(22)23)6-13(14)20;1-11(2,3)18-10(15)13-8(9(14)16-6)7-17-12(13,4)5;1-10(2,3)16-9(14)12-8(6-13)7-15-11(12,4)5;1-13-8(12)4-2-6(10)7(11)3-5(4)9;8-4-2-6(10)5(9)1-3(4)7(11)12/h7-8,11H,9-10H2,1-6H3;6-7,10H,8-9H2,1-5H3,(H,22,23);8H,7H2,1-6H3;8,13H,6-7H2,1-5H3;2-3H,1H3;1-2H,(H,11,12). The molecule has 4 unspecified atom stereocenters. The highest BCUT2D eigenvalue weighted by Crippen LogP contribution is 2.37. The van der Waals surface area contributed by atoms with Crippen molar-refractivity contribution in [1.82, 2.24) is 19.6 Å². The van der Waals surface area contributed by atoms with Crippen LogP contribution in [0.1, 0.15) is 180 Å². The van der Waals surface area contributed by atoms with Crippen molar-refractivity contribution in [3.8, 4) is 11.5 Å². The number of rotatable bonds is 12. The molecule has 3 N–H and O–H groups in total. The average Bonchev–Trinajstić information content (AvgIpc) is 1.65. The molecule has 0 aliphatic carbocycles. The predicted octanol–water partition coefficient (Wildman–Crippen LogP) is 15.5. The predicted molar refractivity (Wildman–Crippen MR) is 400 cm³/mol. The third-order valence-corrected chi connectivity index (χ3v) is 16.7. The van der Waals surface area contributed by atoms with Gasteiger partial charge in [0.2, 0.25) is 0 Å². The van der Waals surface area contributed by atoms with E-state index in [1.165, 1.54) is 39.9 Å². The van der Waals surface area contributed by atoms with Crippen molar-refractivity contribution in [3.05, 3.63) is 126 Å². The maximum Gasteiger partial charge on any atom is 0.413 e. The molecule has 0 saturated carbocycles. The summed E-state index contributed by atoms with van der Waals surface area (Å²) in [4.78, 5) is 110. The third-order valence-electron chi connectivity index (χ3n) is 15.5. The van der Waals surface area contributed by atoms with E-state index in [0.717, 1.165) is 31.4 Å². The summed E-state index contributed by atoms with van der Waals surface area (Å²) in [6, 6.07) is 4.51. The maximum absolute atomic E-state index is 14.3. The third kappa shape index (κ3) is 29.0. The minimum atomic E-state index is -1.39. The van der Waals surface area contributed by atoms with Gasteiger partial charge in [-0.1, -0.05) is 46.4 Å². The van der Waals surface area contributed by atoms with Crippen molar-refractivity contribution in [1.29, 1.82) is 0 Å². The molecular formula is C75H98Cl4F6N4O25. The second-order valence-corrected chi connectivity index (χ2v) is 32.5. The summed E-state index contributed by atoms with van der Waals surface area (Å²) >= 11 is 22.6. The number of nitrogens with zero attached hydrogens (tertiary/aromatic N) is 4. The molecule has 114 heavy (non-hydrogen) atoms. The van der Waals surface area contributed by atoms with Gasteiger partial charge in [0.15, 0.2) is 52.4 Å². The number of carboxylic acid groups (broad SMARTS) is 2. The van der Waals surface area contributed by atoms with Crippen molar-refractivity contribution in [2.24, 2.45) is 0 Å². The Labute approximate surface area is 676 Å². The molecule has 4 saturated heterocycles. The molecule has 4 aromatic rings. The van der Waals surface area contributed by atoms with E-state index < -0.39 is 158 Å². The first-order chi connectivity index (χ1) is 52.0. The zero-order valence-electron chi connectivity index (χ0n) is 67.3. The fourth-order valence-electron chi connectivity index (χ4n) is 10.4. The second kappa shape index (κ2) is 40.3. The number of carboxylic acids is 2. The SMILES string of the molecule is CC(C)(C)OC(=O)N1C(CO)COC1(C)C.CC(C)(C)OC(=O)N1C(COc2cc(Cl)c(C(=O)O)cc2F)COC1(C)C.COC(=O)C1COC(C)(C)N1C(=O)OC(C)(C)C.COC(=O)c1cc(F)c(F)cc1Cl.COC(=O)c1cc(F)c(OCC2COC(C)(C)N2C(=O)OC(C)(C)C)cc1Cl.O=C(O)c1cc(F)c(F)cc1Cl. The first kappa shape index (κ1) is 99.6. The molecule has 29 nitrogen and oxygen atoms in total. The Morgan fingerprint density at radius 2 is 0.649 bits per heavy atom. The van der Waals surface area contributed by atoms with Crippen LogP contribution in [0.3, 0.4) is 0 Å². The van der Waals surface area contributed by atoms with E-state index in [1.807, 2.05) is 20.8 Å². The topological polar surface area (TPSA) is 347 Å². The molecule has 4 fully saturated rings. The number of hydrogen-bond donors (Lipinski definition) is 3. The average molecular weight is 1710 g/mol. The first-order valence-corrected chi connectivity index (χ1v) is 36.0. The van der Waals surface area contributed by atoms with Crippen molar-refractivity contribution in [2.75, 3.05) is 67.6 Å². The van der Waals surface area contributed by atoms with E-state index >= 15 is 0 Å². The molecule has 4 aromatic carbocycles. The Kier molecular flexibility index (Phi) is 35.3. The highest BCUT2D eigenvalue weighted by molar-refractivity contribution is 6.35. The van der Waals surface area contributed by atoms with Crippen LogP contribution < -0.4 is 9.47 Å². The van der Waals surface area contributed by atoms with E-state index in [2.05, 4.69) is 14.2 Å². The van der Waals surface area contributed by atoms with Crippen LogP contribution in [0.4, 0.5) is 45.5 Å². The molecule has 8 rings (SSSR count). The highest BCUT2D eigenvalue weighted by Gasteiger charge is 2.51. The molecule has 39 heteroatoms. The van der Waals surface area contributed by atoms with Gasteiger partial charge in [-0.25, -0.2) is 69.5 Å². The summed E-state index contributed by atoms with van der Waals surface area (Å²) in [7, 11) is 3.58. The number of methoxy groups -OCH3 is 3. The summed E-state index contributed by atoms with van der Waals surface area (Å²) in [6.07, 6.45) is -2.16. The summed E-state index contributed by atoms with van der Waals surface area (Å²) in [5, 5.41) is 25.9. The minimum absolute atomic E-state index is 0.00440. The van der Waals surface area contributed by atoms with Crippen LogP contribution in [0.5, 0.6) is 11.5 Å². The summed E-state index contributed by atoms with van der Waals surface area (Å²) in [5.41, 5.74) is -7.07. The van der Waals surface area contributed by atoms with Crippen LogP contribution in [-0.2, 0) is 56.9 Å². The number of aliphatic hydroxyl groups is 1. The molecule has 0 aromatic heterocycles. The van der Waals surface area contributed by atoms with Crippen molar-refractivity contribution in [2.45, 2.75) is 208 Å². The van der Waals surface area contributed by atoms with Gasteiger partial charge in [0.05, 0.1) is 115 Å². The quantitative estimate of drug-likeness (QED) is 0.0513. The number of ether oxygens (including phenoxy) is 13. The number of hydrogen-bond acceptors (Lipinski definition) is 23. The molecule has 4 amide bonds. The number of aliphatic hydroxyl groups excluding tert-OH is 1. The van der Waals surface area contributed by atoms with E-state index in [-0.39, 0.29) is 94.0 Å². The highest BCUT2D eigenvalue weighted by atomic mass is 35.5. The molecular weight excluding hydrogens is 1610 g/mol. The number of amides is 4. The van der Waals surface area contributed by atoms with Gasteiger partial charge in [-0.3, -0.25) is 19.6 Å². The zero-order chi connectivity index (χ0) is 87.9. The van der Waals surface area contributed by atoms with Crippen LogP contribution in [-0.4, -0.2) is 226 Å². The molecule has 4 aliphatic rings. The monoisotopic (exact) mass is 1710 g/mol. The Balaban J connectivity index is 0.000000364. The van der Waals surface area contributed by atoms with Crippen LogP contribution in [0.2, 0.25) is 20.1 Å². The first-order valence-electron chi connectivity index (χ1n) is 34.5. The van der Waals surface area contributed by atoms with Crippen LogP contribution in [0.15, 0.2) is 48.5 Å². The lowest BCUT2D eigenvalue weighted by Gasteiger charge is -2.35. The lowest BCUT2D eigenvalue weighted by Crippen LogP contribution is -2.52. The molecule has 0 radical (unpaired) electrons. The van der Waals surface area contributed by atoms with E-state index in [1.54, 1.807) is 118 Å². The summed E-state index contributed by atoms with van der Waals surface area (Å²) in [5.74, 6) is -11.4. The van der Waals surface area contributed by atoms with Crippen LogP contribution in [0.25, 0.3) is 0 Å². The normalized spacial score (nSPS) is 18.3. The number of carbonyl (C=O) groups excluding carboxylic acids is 7. The number of esters is 3. The van der Waals surface area contributed by atoms with Gasteiger partial charge in [0.25, 0.3) is 0 Å². The lowest BCUT2D eigenvalue weighted by atomic mass is 10.2. The van der Waals surface area contributed by atoms with E-state index in [0.29, 0.717) is 24.8 Å². The van der Waals surface area contributed by atoms with Gasteiger partial charge >= 0.3 is 54.2 Å². The van der Waals surface area contributed by atoms with Gasteiger partial charge in [-0.2, -0.15) is 0 Å². The zero-order valence-corrected chi connectivity index (χ0v) is 70.3. The minimum Gasteiger partial charge on any atom is -0.488 e. The van der Waals surface area contributed by atoms with Crippen LogP contribution >= 0.6 is 46.4 Å². The largest absolute Gasteiger partial charge is 0.488 e. The van der Waals surface area contributed by atoms with Gasteiger partial charge in [-0.15, -0.1) is 0 Å². The maximum atomic E-state index is 14.3. The number of benzene rings is 4. The second-order valence-electron chi connectivity index (χ2n) is 30.8. The van der Waals surface area contributed by atoms with Gasteiger partial charge < -0.3 is 76.9 Å². The van der Waals surface area contributed by atoms with Gasteiger partial charge in [0.1, 0.15) is 58.5 Å². The fourth-order valence-corrected chi connectivity index (χ4v) is 11.3.